The molecule has 96 valence electrons. The van der Waals surface area contributed by atoms with Crippen molar-refractivity contribution in [3.05, 3.63) is 10.6 Å². The molecule has 1 saturated heterocycles. The molecule has 2 rings (SSSR count). The lowest BCUT2D eigenvalue weighted by molar-refractivity contribution is 0.0384. The summed E-state index contributed by atoms with van der Waals surface area (Å²) in [5, 5.41) is 10.7. The molecule has 0 spiro atoms. The van der Waals surface area contributed by atoms with Crippen molar-refractivity contribution in [2.75, 3.05) is 24.6 Å². The van der Waals surface area contributed by atoms with Crippen molar-refractivity contribution in [2.24, 2.45) is 0 Å². The first kappa shape index (κ1) is 12.8. The van der Waals surface area contributed by atoms with Crippen LogP contribution in [0.4, 0.5) is 5.13 Å². The number of ether oxygens (including phenoxy) is 1. The Kier molecular flexibility index (Phi) is 4.01. The van der Waals surface area contributed by atoms with Crippen LogP contribution in [0.15, 0.2) is 0 Å². The number of aryl methyl sites for hydroxylation is 1. The fourth-order valence-corrected chi connectivity index (χ4v) is 3.09. The minimum Gasteiger partial charge on any atom is -0.388 e. The van der Waals surface area contributed by atoms with E-state index in [1.807, 2.05) is 6.92 Å². The van der Waals surface area contributed by atoms with Crippen LogP contribution in [0.5, 0.6) is 0 Å². The van der Waals surface area contributed by atoms with E-state index in [-0.39, 0.29) is 0 Å². The second-order valence-corrected chi connectivity index (χ2v) is 5.48. The van der Waals surface area contributed by atoms with Crippen molar-refractivity contribution in [3.8, 4) is 0 Å². The Morgan fingerprint density at radius 2 is 2.41 bits per heavy atom. The predicted molar refractivity (Wildman–Crippen MR) is 69.7 cm³/mol. The number of nitrogens with zero attached hydrogens (tertiary/aromatic N) is 2. The van der Waals surface area contributed by atoms with E-state index in [1.54, 1.807) is 18.3 Å². The van der Waals surface area contributed by atoms with E-state index in [9.17, 15) is 5.11 Å². The molecule has 5 heteroatoms. The van der Waals surface area contributed by atoms with E-state index in [1.165, 1.54) is 0 Å². The average molecular weight is 256 g/mol. The first-order valence-corrected chi connectivity index (χ1v) is 6.95. The van der Waals surface area contributed by atoms with Gasteiger partial charge in [-0.1, -0.05) is 18.3 Å². The Balaban J connectivity index is 2.14. The van der Waals surface area contributed by atoms with E-state index in [0.29, 0.717) is 6.10 Å². The second-order valence-electron chi connectivity index (χ2n) is 4.47. The molecule has 17 heavy (non-hydrogen) atoms. The summed E-state index contributed by atoms with van der Waals surface area (Å²) in [4.78, 5) is 7.79. The number of aliphatic hydroxyl groups is 1. The van der Waals surface area contributed by atoms with Gasteiger partial charge in [0.25, 0.3) is 0 Å². The summed E-state index contributed by atoms with van der Waals surface area (Å²) in [6.45, 7) is 8.45. The summed E-state index contributed by atoms with van der Waals surface area (Å²) in [6.07, 6.45) is 0.914. The van der Waals surface area contributed by atoms with Crippen LogP contribution in [0.3, 0.4) is 0 Å². The highest BCUT2D eigenvalue weighted by atomic mass is 32.1. The zero-order valence-electron chi connectivity index (χ0n) is 10.6. The van der Waals surface area contributed by atoms with E-state index in [2.05, 4.69) is 16.8 Å². The minimum absolute atomic E-state index is 0.308. The van der Waals surface area contributed by atoms with Crippen LogP contribution >= 0.6 is 11.3 Å². The van der Waals surface area contributed by atoms with E-state index in [4.69, 9.17) is 4.74 Å². The lowest BCUT2D eigenvalue weighted by atomic mass is 10.2. The van der Waals surface area contributed by atoms with Gasteiger partial charge in [-0.05, 0) is 20.3 Å². The molecular weight excluding hydrogens is 236 g/mol. The molecule has 2 atom stereocenters. The zero-order chi connectivity index (χ0) is 12.4. The van der Waals surface area contributed by atoms with Crippen molar-refractivity contribution < 1.29 is 9.84 Å². The van der Waals surface area contributed by atoms with Gasteiger partial charge in [0.05, 0.1) is 29.4 Å². The molecule has 2 heterocycles. The molecule has 1 aliphatic rings. The predicted octanol–water partition coefficient (Wildman–Crippen LogP) is 2.12. The van der Waals surface area contributed by atoms with Gasteiger partial charge < -0.3 is 14.7 Å². The molecule has 0 amide bonds. The molecule has 0 saturated carbocycles. The number of aromatic nitrogens is 1. The fraction of sp³-hybridized carbons (Fsp3) is 0.750. The number of thiazole rings is 1. The second kappa shape index (κ2) is 5.33. The number of hydrogen-bond donors (Lipinski definition) is 1. The maximum Gasteiger partial charge on any atom is 0.186 e. The van der Waals surface area contributed by atoms with Crippen molar-refractivity contribution in [3.63, 3.8) is 0 Å². The molecule has 0 aliphatic carbocycles. The molecule has 4 nitrogen and oxygen atoms in total. The SMILES string of the molecule is CCC1CN(c2nc(C)c(C(C)O)s2)CCO1. The van der Waals surface area contributed by atoms with Gasteiger partial charge in [-0.3, -0.25) is 0 Å². The van der Waals surface area contributed by atoms with Crippen molar-refractivity contribution in [1.29, 1.82) is 0 Å². The zero-order valence-corrected chi connectivity index (χ0v) is 11.5. The van der Waals surface area contributed by atoms with E-state index < -0.39 is 6.10 Å². The first-order chi connectivity index (χ1) is 8.11. The molecule has 1 aliphatic heterocycles. The van der Waals surface area contributed by atoms with Crippen LogP contribution in [0.1, 0.15) is 36.9 Å². The lowest BCUT2D eigenvalue weighted by Gasteiger charge is -2.32. The van der Waals surface area contributed by atoms with Gasteiger partial charge in [-0.25, -0.2) is 4.98 Å². The molecule has 1 aromatic rings. The molecule has 1 fully saturated rings. The third kappa shape index (κ3) is 2.78. The molecule has 2 unspecified atom stereocenters. The average Bonchev–Trinajstić information content (AvgIpc) is 2.71. The smallest absolute Gasteiger partial charge is 0.186 e. The molecule has 0 radical (unpaired) electrons. The highest BCUT2D eigenvalue weighted by Gasteiger charge is 2.23. The van der Waals surface area contributed by atoms with Crippen LogP contribution in [-0.4, -0.2) is 35.9 Å². The maximum absolute atomic E-state index is 9.64. The minimum atomic E-state index is -0.427. The summed E-state index contributed by atoms with van der Waals surface area (Å²) < 4.78 is 5.65. The third-order valence-corrected chi connectivity index (χ3v) is 4.45. The number of rotatable bonds is 3. The number of hydrogen-bond acceptors (Lipinski definition) is 5. The van der Waals surface area contributed by atoms with Gasteiger partial charge >= 0.3 is 0 Å². The summed E-state index contributed by atoms with van der Waals surface area (Å²) in [6, 6.07) is 0. The lowest BCUT2D eigenvalue weighted by Crippen LogP contribution is -2.42. The normalized spacial score (nSPS) is 22.8. The maximum atomic E-state index is 9.64. The first-order valence-electron chi connectivity index (χ1n) is 6.13. The molecule has 0 aromatic carbocycles. The van der Waals surface area contributed by atoms with Crippen molar-refractivity contribution in [2.45, 2.75) is 39.4 Å². The van der Waals surface area contributed by atoms with Gasteiger partial charge in [-0.15, -0.1) is 0 Å². The van der Waals surface area contributed by atoms with Crippen LogP contribution < -0.4 is 4.90 Å². The quantitative estimate of drug-likeness (QED) is 0.900. The van der Waals surface area contributed by atoms with Crippen LogP contribution in [0, 0.1) is 6.92 Å². The number of aliphatic hydroxyl groups excluding tert-OH is 1. The highest BCUT2D eigenvalue weighted by Crippen LogP contribution is 2.31. The van der Waals surface area contributed by atoms with E-state index >= 15 is 0 Å². The summed E-state index contributed by atoms with van der Waals surface area (Å²) in [5.41, 5.74) is 0.944. The van der Waals surface area contributed by atoms with Gasteiger partial charge in [0.2, 0.25) is 0 Å². The largest absolute Gasteiger partial charge is 0.388 e. The number of anilines is 1. The third-order valence-electron chi connectivity index (χ3n) is 3.07. The Labute approximate surface area is 106 Å². The van der Waals surface area contributed by atoms with Gasteiger partial charge in [0.15, 0.2) is 5.13 Å². The Morgan fingerprint density at radius 3 is 3.00 bits per heavy atom. The molecule has 1 N–H and O–H groups in total. The Morgan fingerprint density at radius 1 is 1.65 bits per heavy atom. The molecule has 1 aromatic heterocycles. The fourth-order valence-electron chi connectivity index (χ4n) is 2.06. The van der Waals surface area contributed by atoms with Crippen molar-refractivity contribution >= 4 is 16.5 Å². The number of morpholine rings is 1. The Hall–Kier alpha value is -0.650. The topological polar surface area (TPSA) is 45.6 Å². The Bertz CT molecular complexity index is 379. The summed E-state index contributed by atoms with van der Waals surface area (Å²) in [5.74, 6) is 0. The van der Waals surface area contributed by atoms with Crippen molar-refractivity contribution in [1.82, 2.24) is 4.98 Å². The van der Waals surface area contributed by atoms with E-state index in [0.717, 1.165) is 41.8 Å². The standard InChI is InChI=1S/C12H20N2O2S/c1-4-10-7-14(5-6-16-10)12-13-8(2)11(17-12)9(3)15/h9-10,15H,4-7H2,1-3H3. The van der Waals surface area contributed by atoms with Crippen LogP contribution in [0.25, 0.3) is 0 Å². The monoisotopic (exact) mass is 256 g/mol. The molecular formula is C12H20N2O2S. The summed E-state index contributed by atoms with van der Waals surface area (Å²) >= 11 is 1.60. The summed E-state index contributed by atoms with van der Waals surface area (Å²) in [7, 11) is 0. The van der Waals surface area contributed by atoms with Crippen LogP contribution in [-0.2, 0) is 4.74 Å². The van der Waals surface area contributed by atoms with Crippen LogP contribution in [0.2, 0.25) is 0 Å². The molecule has 0 bridgehead atoms. The van der Waals surface area contributed by atoms with Gasteiger partial charge in [-0.2, -0.15) is 0 Å². The van der Waals surface area contributed by atoms with Gasteiger partial charge in [0.1, 0.15) is 0 Å². The van der Waals surface area contributed by atoms with Gasteiger partial charge in [0, 0.05) is 13.1 Å². The highest BCUT2D eigenvalue weighted by molar-refractivity contribution is 7.15.